The van der Waals surface area contributed by atoms with Gasteiger partial charge in [-0.25, -0.2) is 10.2 Å². The molecule has 0 saturated carbocycles. The minimum absolute atomic E-state index is 0.308. The van der Waals surface area contributed by atoms with Gasteiger partial charge in [-0.15, -0.1) is 0 Å². The van der Waals surface area contributed by atoms with Crippen molar-refractivity contribution >= 4 is 35.7 Å². The van der Waals surface area contributed by atoms with Crippen molar-refractivity contribution in [3.05, 3.63) is 54.1 Å². The number of carbonyl (C=O) groups is 1. The third-order valence-electron chi connectivity index (χ3n) is 5.04. The zero-order valence-electron chi connectivity index (χ0n) is 19.3. The van der Waals surface area contributed by atoms with Crippen molar-refractivity contribution in [1.29, 1.82) is 0 Å². The van der Waals surface area contributed by atoms with Crippen molar-refractivity contribution in [1.82, 2.24) is 15.0 Å². The number of hydrogen-bond donors (Lipinski definition) is 3. The first-order valence-corrected chi connectivity index (χ1v) is 11.3. The van der Waals surface area contributed by atoms with Crippen molar-refractivity contribution in [3.8, 4) is 11.5 Å². The molecule has 1 saturated heterocycles. The lowest BCUT2D eigenvalue weighted by atomic mass is 10.2. The second kappa shape index (κ2) is 11.6. The molecule has 0 amide bonds. The van der Waals surface area contributed by atoms with Crippen LogP contribution in [0.25, 0.3) is 0 Å². The van der Waals surface area contributed by atoms with Crippen LogP contribution in [0.1, 0.15) is 25.3 Å². The van der Waals surface area contributed by atoms with E-state index in [1.165, 1.54) is 0 Å². The summed E-state index contributed by atoms with van der Waals surface area (Å²) in [6.45, 7) is 3.59. The molecule has 1 aliphatic rings. The lowest BCUT2D eigenvalue weighted by Gasteiger charge is -2.16. The molecule has 11 heteroatoms. The maximum absolute atomic E-state index is 10.8. The van der Waals surface area contributed by atoms with Gasteiger partial charge in [0.2, 0.25) is 17.8 Å². The lowest BCUT2D eigenvalue weighted by Crippen LogP contribution is -2.21. The Morgan fingerprint density at radius 3 is 2.57 bits per heavy atom. The summed E-state index contributed by atoms with van der Waals surface area (Å²) in [4.78, 5) is 26.5. The van der Waals surface area contributed by atoms with Crippen LogP contribution in [0.15, 0.2) is 53.6 Å². The Hall–Kier alpha value is -4.41. The van der Waals surface area contributed by atoms with Crippen LogP contribution in [-0.2, 0) is 4.79 Å². The number of rotatable bonds is 11. The van der Waals surface area contributed by atoms with Gasteiger partial charge in [0.1, 0.15) is 0 Å². The molecule has 0 radical (unpaired) electrons. The van der Waals surface area contributed by atoms with Gasteiger partial charge in [-0.3, -0.25) is 0 Å². The minimum Gasteiger partial charge on any atom is -0.490 e. The number of carboxylic acid groups (broad SMARTS) is 1. The van der Waals surface area contributed by atoms with E-state index in [2.05, 4.69) is 35.7 Å². The van der Waals surface area contributed by atoms with Gasteiger partial charge >= 0.3 is 5.97 Å². The van der Waals surface area contributed by atoms with E-state index in [-0.39, 0.29) is 0 Å². The predicted molar refractivity (Wildman–Crippen MR) is 133 cm³/mol. The first-order chi connectivity index (χ1) is 17.1. The highest BCUT2D eigenvalue weighted by Crippen LogP contribution is 2.28. The van der Waals surface area contributed by atoms with Crippen LogP contribution in [0.5, 0.6) is 11.5 Å². The average Bonchev–Trinajstić information content (AvgIpc) is 3.39. The summed E-state index contributed by atoms with van der Waals surface area (Å²) in [5.74, 6) is 1.04. The predicted octanol–water partition coefficient (Wildman–Crippen LogP) is 3.52. The zero-order valence-corrected chi connectivity index (χ0v) is 19.3. The Balaban J connectivity index is 1.51. The summed E-state index contributed by atoms with van der Waals surface area (Å²) in [5.41, 5.74) is 4.47. The molecule has 0 atom stereocenters. The number of aromatic nitrogens is 3. The maximum atomic E-state index is 10.8. The largest absolute Gasteiger partial charge is 0.490 e. The molecule has 3 aromatic rings. The van der Waals surface area contributed by atoms with E-state index in [0.717, 1.165) is 37.2 Å². The summed E-state index contributed by atoms with van der Waals surface area (Å²) in [6.07, 6.45) is 3.79. The Kier molecular flexibility index (Phi) is 7.89. The van der Waals surface area contributed by atoms with Gasteiger partial charge in [0.05, 0.1) is 12.8 Å². The Bertz CT molecular complexity index is 1170. The molecule has 1 aromatic heterocycles. The first-order valence-electron chi connectivity index (χ1n) is 11.3. The van der Waals surface area contributed by atoms with Crippen molar-refractivity contribution in [2.24, 2.45) is 5.10 Å². The molecule has 4 rings (SSSR count). The highest BCUT2D eigenvalue weighted by Gasteiger charge is 2.17. The van der Waals surface area contributed by atoms with Crippen molar-refractivity contribution < 1.29 is 19.4 Å². The molecule has 35 heavy (non-hydrogen) atoms. The number of para-hydroxylation sites is 1. The number of aliphatic carboxylic acids is 1. The second-order valence-electron chi connectivity index (χ2n) is 7.66. The maximum Gasteiger partial charge on any atom is 0.341 e. The lowest BCUT2D eigenvalue weighted by molar-refractivity contribution is -0.139. The van der Waals surface area contributed by atoms with Gasteiger partial charge in [0.25, 0.3) is 0 Å². The highest BCUT2D eigenvalue weighted by molar-refractivity contribution is 5.81. The molecule has 0 spiro atoms. The Morgan fingerprint density at radius 2 is 1.83 bits per heavy atom. The first kappa shape index (κ1) is 23.7. The summed E-state index contributed by atoms with van der Waals surface area (Å²) in [6, 6.07) is 14.8. The normalized spacial score (nSPS) is 13.1. The number of carboxylic acids is 1. The molecule has 11 nitrogen and oxygen atoms in total. The Labute approximate surface area is 202 Å². The van der Waals surface area contributed by atoms with Crippen LogP contribution in [0.2, 0.25) is 0 Å². The number of nitrogens with one attached hydrogen (secondary N) is 2. The molecule has 0 bridgehead atoms. The standard InChI is InChI=1S/C24H27N7O4/c1-2-34-20-14-17(10-11-19(20)35-16-21(32)33)15-25-30-23-27-22(26-18-8-4-3-5-9-18)28-24(29-23)31-12-6-7-13-31/h3-5,8-11,14-15H,2,6-7,12-13,16H2,1H3,(H,32,33)(H2,26,27,28,29,30)/b25-15+. The van der Waals surface area contributed by atoms with E-state index in [1.54, 1.807) is 24.4 Å². The van der Waals surface area contributed by atoms with Crippen molar-refractivity contribution in [2.75, 3.05) is 41.9 Å². The summed E-state index contributed by atoms with van der Waals surface area (Å²) in [5, 5.41) is 16.3. The fraction of sp³-hybridized carbons (Fsp3) is 0.292. The smallest absolute Gasteiger partial charge is 0.341 e. The summed E-state index contributed by atoms with van der Waals surface area (Å²) in [7, 11) is 0. The number of hydrazone groups is 1. The quantitative estimate of drug-likeness (QED) is 0.278. The number of hydrogen-bond acceptors (Lipinski definition) is 10. The van der Waals surface area contributed by atoms with Gasteiger partial charge in [-0.05, 0) is 55.7 Å². The summed E-state index contributed by atoms with van der Waals surface area (Å²) >= 11 is 0. The molecule has 0 aliphatic carbocycles. The number of benzene rings is 2. The number of anilines is 4. The van der Waals surface area contributed by atoms with E-state index in [0.29, 0.717) is 36.0 Å². The third-order valence-corrected chi connectivity index (χ3v) is 5.04. The Morgan fingerprint density at radius 1 is 1.06 bits per heavy atom. The van der Waals surface area contributed by atoms with Crippen LogP contribution >= 0.6 is 0 Å². The molecule has 2 heterocycles. The van der Waals surface area contributed by atoms with Gasteiger partial charge in [-0.1, -0.05) is 18.2 Å². The molecule has 182 valence electrons. The zero-order chi connectivity index (χ0) is 24.5. The molecule has 3 N–H and O–H groups in total. The molecule has 0 unspecified atom stereocenters. The monoisotopic (exact) mass is 477 g/mol. The fourth-order valence-electron chi connectivity index (χ4n) is 3.48. The topological polar surface area (TPSA) is 134 Å². The van der Waals surface area contributed by atoms with Gasteiger partial charge in [-0.2, -0.15) is 20.1 Å². The fourth-order valence-corrected chi connectivity index (χ4v) is 3.48. The molecular formula is C24H27N7O4. The number of ether oxygens (including phenoxy) is 2. The molecule has 1 fully saturated rings. The molecular weight excluding hydrogens is 450 g/mol. The van der Waals surface area contributed by atoms with E-state index in [1.807, 2.05) is 37.3 Å². The van der Waals surface area contributed by atoms with E-state index < -0.39 is 12.6 Å². The third kappa shape index (κ3) is 6.79. The average molecular weight is 478 g/mol. The van der Waals surface area contributed by atoms with Crippen LogP contribution in [0.3, 0.4) is 0 Å². The van der Waals surface area contributed by atoms with Crippen molar-refractivity contribution in [3.63, 3.8) is 0 Å². The molecule has 2 aromatic carbocycles. The summed E-state index contributed by atoms with van der Waals surface area (Å²) < 4.78 is 10.9. The second-order valence-corrected chi connectivity index (χ2v) is 7.66. The van der Waals surface area contributed by atoms with Crippen LogP contribution in [0.4, 0.5) is 23.5 Å². The van der Waals surface area contributed by atoms with E-state index in [9.17, 15) is 4.79 Å². The number of nitrogens with zero attached hydrogens (tertiary/aromatic N) is 5. The van der Waals surface area contributed by atoms with Crippen LogP contribution < -0.4 is 25.1 Å². The van der Waals surface area contributed by atoms with Gasteiger partial charge in [0, 0.05) is 18.8 Å². The SMILES string of the molecule is CCOc1cc(/C=N/Nc2nc(Nc3ccccc3)nc(N3CCCC3)n2)ccc1OCC(=O)O. The van der Waals surface area contributed by atoms with Gasteiger partial charge < -0.3 is 24.8 Å². The highest BCUT2D eigenvalue weighted by atomic mass is 16.5. The van der Waals surface area contributed by atoms with Crippen LogP contribution in [0, 0.1) is 0 Å². The van der Waals surface area contributed by atoms with Crippen molar-refractivity contribution in [2.45, 2.75) is 19.8 Å². The van der Waals surface area contributed by atoms with Gasteiger partial charge in [0.15, 0.2) is 18.1 Å². The minimum atomic E-state index is -1.06. The van der Waals surface area contributed by atoms with Crippen LogP contribution in [-0.4, -0.2) is 58.5 Å². The molecule has 1 aliphatic heterocycles. The van der Waals surface area contributed by atoms with E-state index in [4.69, 9.17) is 14.6 Å². The van der Waals surface area contributed by atoms with E-state index >= 15 is 0 Å².